The van der Waals surface area contributed by atoms with Crippen LogP contribution < -0.4 is 10.2 Å². The van der Waals surface area contributed by atoms with Crippen LogP contribution in [0.2, 0.25) is 0 Å². The minimum absolute atomic E-state index is 0.321. The van der Waals surface area contributed by atoms with Gasteiger partial charge in [0.25, 0.3) is 5.91 Å². The third-order valence-electron chi connectivity index (χ3n) is 4.30. The molecule has 5 nitrogen and oxygen atoms in total. The summed E-state index contributed by atoms with van der Waals surface area (Å²) in [4.78, 5) is 25.8. The van der Waals surface area contributed by atoms with E-state index in [0.717, 1.165) is 31.6 Å². The number of nitrogens with one attached hydrogen (secondary N) is 1. The van der Waals surface area contributed by atoms with E-state index in [1.807, 2.05) is 19.1 Å². The lowest BCUT2D eigenvalue weighted by Crippen LogP contribution is -2.40. The molecule has 2 N–H and O–H groups in total. The normalized spacial score (nSPS) is 16.0. The van der Waals surface area contributed by atoms with Crippen LogP contribution in [0, 0.1) is 0 Å². The molecule has 1 aromatic carbocycles. The predicted octanol–water partition coefficient (Wildman–Crippen LogP) is 3.05. The molecule has 1 fully saturated rings. The fourth-order valence-corrected chi connectivity index (χ4v) is 2.88. The molecule has 23 heavy (non-hydrogen) atoms. The number of rotatable bonds is 7. The van der Waals surface area contributed by atoms with E-state index in [4.69, 9.17) is 0 Å². The second-order valence-corrected chi connectivity index (χ2v) is 6.10. The Bertz CT molecular complexity index is 522. The first-order valence-electron chi connectivity index (χ1n) is 8.50. The molecule has 1 atom stereocenters. The molecule has 1 saturated heterocycles. The van der Waals surface area contributed by atoms with Crippen molar-refractivity contribution in [2.24, 2.45) is 0 Å². The number of carbonyl (C=O) groups excluding carboxylic acids is 1. The van der Waals surface area contributed by atoms with Crippen molar-refractivity contribution in [2.75, 3.05) is 18.0 Å². The second kappa shape index (κ2) is 8.56. The Balaban J connectivity index is 1.97. The van der Waals surface area contributed by atoms with Gasteiger partial charge in [0, 0.05) is 24.3 Å². The standard InChI is InChI=1S/C18H26N2O3/c1-2-3-7-16(18(22)23)19-17(21)14-8-10-15(11-9-14)20-12-5-4-6-13-20/h8-11,16H,2-7,12-13H2,1H3,(H,19,21)(H,22,23). The van der Waals surface area contributed by atoms with Crippen LogP contribution >= 0.6 is 0 Å². The van der Waals surface area contributed by atoms with Gasteiger partial charge in [-0.2, -0.15) is 0 Å². The van der Waals surface area contributed by atoms with Crippen molar-refractivity contribution in [1.82, 2.24) is 5.32 Å². The van der Waals surface area contributed by atoms with Gasteiger partial charge in [0.1, 0.15) is 6.04 Å². The topological polar surface area (TPSA) is 69.6 Å². The molecule has 1 heterocycles. The Hall–Kier alpha value is -2.04. The number of carbonyl (C=O) groups is 2. The van der Waals surface area contributed by atoms with Gasteiger partial charge in [-0.3, -0.25) is 4.79 Å². The zero-order valence-corrected chi connectivity index (χ0v) is 13.8. The zero-order valence-electron chi connectivity index (χ0n) is 13.8. The van der Waals surface area contributed by atoms with Crippen molar-refractivity contribution < 1.29 is 14.7 Å². The van der Waals surface area contributed by atoms with Gasteiger partial charge in [-0.25, -0.2) is 4.79 Å². The maximum Gasteiger partial charge on any atom is 0.326 e. The molecule has 1 amide bonds. The summed E-state index contributed by atoms with van der Waals surface area (Å²) in [6.07, 6.45) is 5.85. The maximum atomic E-state index is 12.2. The number of aliphatic carboxylic acids is 1. The van der Waals surface area contributed by atoms with E-state index in [0.29, 0.717) is 12.0 Å². The smallest absolute Gasteiger partial charge is 0.326 e. The van der Waals surface area contributed by atoms with Crippen LogP contribution in [-0.2, 0) is 4.79 Å². The maximum absolute atomic E-state index is 12.2. The van der Waals surface area contributed by atoms with Gasteiger partial charge in [0.2, 0.25) is 0 Å². The van der Waals surface area contributed by atoms with Gasteiger partial charge in [0.15, 0.2) is 0 Å². The molecule has 0 aromatic heterocycles. The summed E-state index contributed by atoms with van der Waals surface area (Å²) >= 11 is 0. The lowest BCUT2D eigenvalue weighted by Gasteiger charge is -2.28. The van der Waals surface area contributed by atoms with E-state index in [-0.39, 0.29) is 5.91 Å². The molecule has 5 heteroatoms. The molecule has 0 saturated carbocycles. The highest BCUT2D eigenvalue weighted by molar-refractivity contribution is 5.96. The average molecular weight is 318 g/mol. The van der Waals surface area contributed by atoms with Gasteiger partial charge in [-0.05, 0) is 49.9 Å². The van der Waals surface area contributed by atoms with E-state index < -0.39 is 12.0 Å². The average Bonchev–Trinajstić information content (AvgIpc) is 2.59. The van der Waals surface area contributed by atoms with Crippen LogP contribution in [0.5, 0.6) is 0 Å². The molecule has 0 radical (unpaired) electrons. The van der Waals surface area contributed by atoms with Crippen LogP contribution in [0.1, 0.15) is 55.8 Å². The number of amides is 1. The Morgan fingerprint density at radius 3 is 2.39 bits per heavy atom. The largest absolute Gasteiger partial charge is 0.480 e. The van der Waals surface area contributed by atoms with E-state index in [1.54, 1.807) is 12.1 Å². The minimum Gasteiger partial charge on any atom is -0.480 e. The van der Waals surface area contributed by atoms with Crippen LogP contribution in [0.15, 0.2) is 24.3 Å². The SMILES string of the molecule is CCCCC(NC(=O)c1ccc(N2CCCCC2)cc1)C(=O)O. The summed E-state index contributed by atoms with van der Waals surface area (Å²) in [7, 11) is 0. The fourth-order valence-electron chi connectivity index (χ4n) is 2.88. The molecular weight excluding hydrogens is 292 g/mol. The highest BCUT2D eigenvalue weighted by Gasteiger charge is 2.20. The van der Waals surface area contributed by atoms with Gasteiger partial charge in [-0.1, -0.05) is 19.8 Å². The molecule has 0 aliphatic carbocycles. The number of carboxylic acid groups (broad SMARTS) is 1. The van der Waals surface area contributed by atoms with Gasteiger partial charge >= 0.3 is 5.97 Å². The highest BCUT2D eigenvalue weighted by atomic mass is 16.4. The van der Waals surface area contributed by atoms with Crippen molar-refractivity contribution in [2.45, 2.75) is 51.5 Å². The lowest BCUT2D eigenvalue weighted by molar-refractivity contribution is -0.139. The van der Waals surface area contributed by atoms with E-state index in [2.05, 4.69) is 10.2 Å². The number of hydrogen-bond acceptors (Lipinski definition) is 3. The quantitative estimate of drug-likeness (QED) is 0.810. The first kappa shape index (κ1) is 17.3. The fraction of sp³-hybridized carbons (Fsp3) is 0.556. The molecule has 2 rings (SSSR count). The van der Waals surface area contributed by atoms with Crippen LogP contribution in [-0.4, -0.2) is 36.1 Å². The molecule has 1 aliphatic heterocycles. The zero-order chi connectivity index (χ0) is 16.7. The van der Waals surface area contributed by atoms with Crippen molar-refractivity contribution in [3.05, 3.63) is 29.8 Å². The van der Waals surface area contributed by atoms with Crippen LogP contribution in [0.3, 0.4) is 0 Å². The number of unbranched alkanes of at least 4 members (excludes halogenated alkanes) is 1. The third-order valence-corrected chi connectivity index (χ3v) is 4.30. The molecule has 1 aliphatic rings. The summed E-state index contributed by atoms with van der Waals surface area (Å²) < 4.78 is 0. The molecular formula is C18H26N2O3. The number of carboxylic acids is 1. The number of benzene rings is 1. The molecule has 0 spiro atoms. The summed E-state index contributed by atoms with van der Waals surface area (Å²) in [5, 5.41) is 11.8. The number of hydrogen-bond donors (Lipinski definition) is 2. The van der Waals surface area contributed by atoms with Crippen LogP contribution in [0.25, 0.3) is 0 Å². The predicted molar refractivity (Wildman–Crippen MR) is 90.9 cm³/mol. The minimum atomic E-state index is -0.975. The molecule has 1 unspecified atom stereocenters. The van der Waals surface area contributed by atoms with Crippen molar-refractivity contribution in [3.63, 3.8) is 0 Å². The second-order valence-electron chi connectivity index (χ2n) is 6.10. The van der Waals surface area contributed by atoms with Crippen molar-refractivity contribution >= 4 is 17.6 Å². The summed E-state index contributed by atoms with van der Waals surface area (Å²) in [6, 6.07) is 6.63. The van der Waals surface area contributed by atoms with E-state index >= 15 is 0 Å². The Morgan fingerprint density at radius 1 is 1.17 bits per heavy atom. The van der Waals surface area contributed by atoms with Crippen molar-refractivity contribution in [3.8, 4) is 0 Å². The summed E-state index contributed by atoms with van der Waals surface area (Å²) in [5.74, 6) is -1.30. The Morgan fingerprint density at radius 2 is 1.83 bits per heavy atom. The van der Waals surface area contributed by atoms with Crippen LogP contribution in [0.4, 0.5) is 5.69 Å². The highest BCUT2D eigenvalue weighted by Crippen LogP contribution is 2.20. The first-order valence-corrected chi connectivity index (χ1v) is 8.50. The molecule has 126 valence electrons. The molecule has 0 bridgehead atoms. The van der Waals surface area contributed by atoms with E-state index in [1.165, 1.54) is 19.3 Å². The Labute approximate surface area is 137 Å². The van der Waals surface area contributed by atoms with Gasteiger partial charge in [-0.15, -0.1) is 0 Å². The van der Waals surface area contributed by atoms with E-state index in [9.17, 15) is 14.7 Å². The monoisotopic (exact) mass is 318 g/mol. The summed E-state index contributed by atoms with van der Waals surface area (Å²) in [5.41, 5.74) is 1.63. The van der Waals surface area contributed by atoms with Gasteiger partial charge < -0.3 is 15.3 Å². The van der Waals surface area contributed by atoms with Gasteiger partial charge in [0.05, 0.1) is 0 Å². The molecule has 1 aromatic rings. The number of piperidine rings is 1. The number of nitrogens with zero attached hydrogens (tertiary/aromatic N) is 1. The number of anilines is 1. The van der Waals surface area contributed by atoms with Crippen molar-refractivity contribution in [1.29, 1.82) is 0 Å². The Kier molecular flexibility index (Phi) is 6.44. The third kappa shape index (κ3) is 4.98. The first-order chi connectivity index (χ1) is 11.1. The lowest BCUT2D eigenvalue weighted by atomic mass is 10.1. The summed E-state index contributed by atoms with van der Waals surface area (Å²) in [6.45, 7) is 4.12.